The number of aromatic amines is 1. The van der Waals surface area contributed by atoms with Crippen LogP contribution in [0.3, 0.4) is 0 Å². The van der Waals surface area contributed by atoms with E-state index in [0.29, 0.717) is 12.1 Å². The number of carbonyl (C=O) groups is 1. The van der Waals surface area contributed by atoms with Crippen LogP contribution in [0.1, 0.15) is 28.8 Å². The predicted octanol–water partition coefficient (Wildman–Crippen LogP) is 1.79. The van der Waals surface area contributed by atoms with Crippen LogP contribution in [0.25, 0.3) is 4.96 Å². The van der Waals surface area contributed by atoms with Crippen molar-refractivity contribution in [3.05, 3.63) is 40.9 Å². The Hall–Kier alpha value is -2.15. The van der Waals surface area contributed by atoms with E-state index in [0.717, 1.165) is 16.3 Å². The molecule has 20 heavy (non-hydrogen) atoms. The summed E-state index contributed by atoms with van der Waals surface area (Å²) < 4.78 is 1.85. The van der Waals surface area contributed by atoms with E-state index < -0.39 is 0 Å². The van der Waals surface area contributed by atoms with Gasteiger partial charge in [-0.1, -0.05) is 0 Å². The van der Waals surface area contributed by atoms with Crippen LogP contribution in [-0.2, 0) is 6.42 Å². The maximum atomic E-state index is 12.1. The number of nitrogens with one attached hydrogen (secondary N) is 2. The second-order valence-electron chi connectivity index (χ2n) is 4.84. The Balaban J connectivity index is 1.64. The van der Waals surface area contributed by atoms with Crippen LogP contribution < -0.4 is 5.32 Å². The zero-order valence-electron chi connectivity index (χ0n) is 11.3. The van der Waals surface area contributed by atoms with E-state index in [1.807, 2.05) is 35.9 Å². The first-order chi connectivity index (χ1) is 9.61. The summed E-state index contributed by atoms with van der Waals surface area (Å²) in [5.74, 6) is -0.152. The number of carbonyl (C=O) groups excluding carboxylic acids is 1. The highest BCUT2D eigenvalue weighted by Crippen LogP contribution is 2.11. The summed E-state index contributed by atoms with van der Waals surface area (Å²) in [5.41, 5.74) is 2.41. The molecule has 0 fully saturated rings. The monoisotopic (exact) mass is 289 g/mol. The summed E-state index contributed by atoms with van der Waals surface area (Å²) in [7, 11) is 0. The second kappa shape index (κ2) is 5.09. The summed E-state index contributed by atoms with van der Waals surface area (Å²) in [6.45, 7) is 3.91. The van der Waals surface area contributed by atoms with Crippen molar-refractivity contribution in [1.82, 2.24) is 24.9 Å². The molecule has 1 amide bonds. The molecule has 0 aliphatic rings. The Labute approximate surface area is 119 Å². The Morgan fingerprint density at radius 1 is 1.60 bits per heavy atom. The van der Waals surface area contributed by atoms with Gasteiger partial charge in [-0.25, -0.2) is 4.98 Å². The number of thiazole rings is 1. The molecule has 0 aliphatic carbocycles. The number of H-pyrrole nitrogens is 1. The maximum absolute atomic E-state index is 12.1. The Morgan fingerprint density at radius 3 is 3.15 bits per heavy atom. The molecule has 3 aromatic rings. The average Bonchev–Trinajstić information content (AvgIpc) is 3.03. The Bertz CT molecular complexity index is 712. The molecule has 0 aliphatic heterocycles. The molecular formula is C13H15N5OS. The van der Waals surface area contributed by atoms with E-state index in [2.05, 4.69) is 20.5 Å². The van der Waals surface area contributed by atoms with Crippen LogP contribution in [-0.4, -0.2) is 31.5 Å². The van der Waals surface area contributed by atoms with Crippen molar-refractivity contribution in [1.29, 1.82) is 0 Å². The first kappa shape index (κ1) is 12.9. The highest BCUT2D eigenvalue weighted by Gasteiger charge is 2.15. The van der Waals surface area contributed by atoms with Crippen molar-refractivity contribution >= 4 is 22.2 Å². The average molecular weight is 289 g/mol. The minimum Gasteiger partial charge on any atom is -0.348 e. The third-order valence-electron chi connectivity index (χ3n) is 2.98. The lowest BCUT2D eigenvalue weighted by Crippen LogP contribution is -2.34. The van der Waals surface area contributed by atoms with Gasteiger partial charge in [0.2, 0.25) is 0 Å². The van der Waals surface area contributed by atoms with Crippen LogP contribution in [0.2, 0.25) is 0 Å². The lowest BCUT2D eigenvalue weighted by atomic mass is 10.1. The van der Waals surface area contributed by atoms with Crippen molar-refractivity contribution in [3.8, 4) is 0 Å². The van der Waals surface area contributed by atoms with E-state index >= 15 is 0 Å². The molecule has 0 bridgehead atoms. The second-order valence-corrected chi connectivity index (χ2v) is 5.71. The molecule has 0 aromatic carbocycles. The minimum atomic E-state index is -0.152. The fourth-order valence-corrected chi connectivity index (χ4v) is 2.78. The minimum absolute atomic E-state index is 0.00457. The molecule has 1 atom stereocenters. The highest BCUT2D eigenvalue weighted by molar-refractivity contribution is 7.15. The summed E-state index contributed by atoms with van der Waals surface area (Å²) in [4.78, 5) is 17.2. The standard InChI is InChI=1S/C13H15N5OS/c1-8(5-10-6-9(2)16-17-10)14-12(19)11-7-18-3-4-20-13(18)15-11/h3-4,6-8H,5H2,1-2H3,(H,14,19)(H,16,17). The normalized spacial score (nSPS) is 12.7. The van der Waals surface area contributed by atoms with Gasteiger partial charge in [-0.2, -0.15) is 5.10 Å². The van der Waals surface area contributed by atoms with Gasteiger partial charge in [-0.15, -0.1) is 11.3 Å². The van der Waals surface area contributed by atoms with Crippen molar-refractivity contribution in [2.45, 2.75) is 26.3 Å². The number of amides is 1. The molecule has 0 saturated carbocycles. The van der Waals surface area contributed by atoms with Gasteiger partial charge in [-0.3, -0.25) is 14.3 Å². The van der Waals surface area contributed by atoms with Crippen LogP contribution >= 0.6 is 11.3 Å². The smallest absolute Gasteiger partial charge is 0.271 e. The van der Waals surface area contributed by atoms with Crippen molar-refractivity contribution in [2.75, 3.05) is 0 Å². The summed E-state index contributed by atoms with van der Waals surface area (Å²) in [5, 5.41) is 11.9. The molecule has 104 valence electrons. The number of hydrogen-bond acceptors (Lipinski definition) is 4. The first-order valence-electron chi connectivity index (χ1n) is 6.36. The summed E-state index contributed by atoms with van der Waals surface area (Å²) in [6, 6.07) is 1.99. The lowest BCUT2D eigenvalue weighted by Gasteiger charge is -2.11. The zero-order chi connectivity index (χ0) is 14.1. The first-order valence-corrected chi connectivity index (χ1v) is 7.24. The molecule has 7 heteroatoms. The zero-order valence-corrected chi connectivity index (χ0v) is 12.1. The molecule has 3 rings (SSSR count). The largest absolute Gasteiger partial charge is 0.348 e. The molecule has 2 N–H and O–H groups in total. The van der Waals surface area contributed by atoms with Gasteiger partial charge < -0.3 is 5.32 Å². The number of aromatic nitrogens is 4. The summed E-state index contributed by atoms with van der Waals surface area (Å²) >= 11 is 1.51. The van der Waals surface area contributed by atoms with E-state index in [9.17, 15) is 4.79 Å². The molecule has 0 saturated heterocycles. The van der Waals surface area contributed by atoms with Gasteiger partial charge in [0.05, 0.1) is 5.69 Å². The van der Waals surface area contributed by atoms with E-state index in [4.69, 9.17) is 0 Å². The fraction of sp³-hybridized carbons (Fsp3) is 0.308. The maximum Gasteiger partial charge on any atom is 0.271 e. The number of aryl methyl sites for hydroxylation is 1. The van der Waals surface area contributed by atoms with Crippen molar-refractivity contribution < 1.29 is 4.79 Å². The van der Waals surface area contributed by atoms with Crippen LogP contribution in [0.4, 0.5) is 0 Å². The quantitative estimate of drug-likeness (QED) is 0.769. The molecule has 0 spiro atoms. The van der Waals surface area contributed by atoms with E-state index in [-0.39, 0.29) is 11.9 Å². The molecule has 1 unspecified atom stereocenters. The van der Waals surface area contributed by atoms with Gasteiger partial charge in [0.25, 0.3) is 5.91 Å². The van der Waals surface area contributed by atoms with E-state index in [1.165, 1.54) is 11.3 Å². The van der Waals surface area contributed by atoms with Gasteiger partial charge in [-0.05, 0) is 19.9 Å². The van der Waals surface area contributed by atoms with Gasteiger partial charge in [0.1, 0.15) is 5.69 Å². The Morgan fingerprint density at radius 2 is 2.45 bits per heavy atom. The van der Waals surface area contributed by atoms with Crippen molar-refractivity contribution in [2.24, 2.45) is 0 Å². The molecule has 6 nitrogen and oxygen atoms in total. The third-order valence-corrected chi connectivity index (χ3v) is 3.75. The molecule has 3 heterocycles. The fourth-order valence-electron chi connectivity index (χ4n) is 2.08. The lowest BCUT2D eigenvalue weighted by molar-refractivity contribution is 0.0935. The van der Waals surface area contributed by atoms with Gasteiger partial charge in [0, 0.05) is 35.9 Å². The number of rotatable bonds is 4. The third kappa shape index (κ3) is 2.57. The van der Waals surface area contributed by atoms with Gasteiger partial charge >= 0.3 is 0 Å². The van der Waals surface area contributed by atoms with Gasteiger partial charge in [0.15, 0.2) is 4.96 Å². The van der Waals surface area contributed by atoms with Crippen molar-refractivity contribution in [3.63, 3.8) is 0 Å². The number of fused-ring (bicyclic) bond motifs is 1. The van der Waals surface area contributed by atoms with Crippen LogP contribution in [0, 0.1) is 6.92 Å². The van der Waals surface area contributed by atoms with Crippen LogP contribution in [0.15, 0.2) is 23.8 Å². The Kier molecular flexibility index (Phi) is 3.27. The number of hydrogen-bond donors (Lipinski definition) is 2. The molecule has 3 aromatic heterocycles. The highest BCUT2D eigenvalue weighted by atomic mass is 32.1. The topological polar surface area (TPSA) is 75.1 Å². The molecular weight excluding hydrogens is 274 g/mol. The molecule has 0 radical (unpaired) electrons. The van der Waals surface area contributed by atoms with E-state index in [1.54, 1.807) is 6.20 Å². The number of nitrogens with zero attached hydrogens (tertiary/aromatic N) is 3. The summed E-state index contributed by atoms with van der Waals surface area (Å²) in [6.07, 6.45) is 4.32. The predicted molar refractivity (Wildman–Crippen MR) is 77.0 cm³/mol. The SMILES string of the molecule is Cc1cc(CC(C)NC(=O)c2cn3ccsc3n2)n[nH]1. The van der Waals surface area contributed by atoms with Crippen LogP contribution in [0.5, 0.6) is 0 Å². The number of imidazole rings is 1.